The molecule has 1 aromatic carbocycles. The van der Waals surface area contributed by atoms with Crippen LogP contribution in [0.15, 0.2) is 18.2 Å². The molecule has 1 saturated heterocycles. The van der Waals surface area contributed by atoms with E-state index >= 15 is 0 Å². The molecule has 1 atom stereocenters. The zero-order chi connectivity index (χ0) is 33.0. The van der Waals surface area contributed by atoms with Gasteiger partial charge in [0.15, 0.2) is 0 Å². The van der Waals surface area contributed by atoms with E-state index in [1.165, 1.54) is 7.11 Å². The largest absolute Gasteiger partial charge is 0.467 e. The van der Waals surface area contributed by atoms with Gasteiger partial charge >= 0.3 is 5.97 Å². The Morgan fingerprint density at radius 1 is 0.761 bits per heavy atom. The Bertz CT molecular complexity index is 1150. The first-order valence-corrected chi connectivity index (χ1v) is 15.1. The molecule has 0 spiro atoms. The Labute approximate surface area is 267 Å². The highest BCUT2D eigenvalue weighted by Crippen LogP contribution is 2.32. The molecule has 256 valence electrons. The molecule has 0 bridgehead atoms. The summed E-state index contributed by atoms with van der Waals surface area (Å²) in [6.07, 6.45) is 0.166. The molecule has 0 aromatic heterocycles. The third kappa shape index (κ3) is 12.4. The summed E-state index contributed by atoms with van der Waals surface area (Å²) in [6, 6.07) is 3.89. The van der Waals surface area contributed by atoms with Crippen molar-refractivity contribution >= 4 is 35.3 Å². The number of ether oxygens (including phenoxy) is 8. The molecule has 2 N–H and O–H groups in total. The highest BCUT2D eigenvalue weighted by Gasteiger charge is 2.45. The van der Waals surface area contributed by atoms with Crippen molar-refractivity contribution in [1.29, 1.82) is 0 Å². The van der Waals surface area contributed by atoms with Crippen molar-refractivity contribution < 1.29 is 61.9 Å². The fraction of sp³-hybridized carbons (Fsp3) is 0.633. The molecule has 16 heteroatoms. The first kappa shape index (κ1) is 37.0. The van der Waals surface area contributed by atoms with Gasteiger partial charge in [-0.1, -0.05) is 6.07 Å². The Balaban J connectivity index is 1.11. The highest BCUT2D eigenvalue weighted by atomic mass is 16.6. The fourth-order valence-corrected chi connectivity index (χ4v) is 4.45. The molecule has 2 aliphatic rings. The summed E-state index contributed by atoms with van der Waals surface area (Å²) in [5.41, 5.74) is 0.896. The van der Waals surface area contributed by atoms with Gasteiger partial charge in [-0.05, 0) is 18.6 Å². The van der Waals surface area contributed by atoms with Crippen LogP contribution in [0.3, 0.4) is 0 Å². The second kappa shape index (κ2) is 21.3. The summed E-state index contributed by atoms with van der Waals surface area (Å²) in [7, 11) is 1.30. The molecule has 1 unspecified atom stereocenters. The molecular formula is C30H43N3O13. The maximum atomic E-state index is 13.1. The number of amides is 4. The van der Waals surface area contributed by atoms with Crippen molar-refractivity contribution in [2.45, 2.75) is 18.9 Å². The van der Waals surface area contributed by atoms with Gasteiger partial charge in [-0.3, -0.25) is 29.4 Å². The molecule has 1 aromatic rings. The first-order chi connectivity index (χ1) is 22.4. The van der Waals surface area contributed by atoms with Crippen molar-refractivity contribution in [2.75, 3.05) is 111 Å². The lowest BCUT2D eigenvalue weighted by Gasteiger charge is -2.27. The van der Waals surface area contributed by atoms with Crippen molar-refractivity contribution in [1.82, 2.24) is 10.2 Å². The van der Waals surface area contributed by atoms with E-state index in [0.29, 0.717) is 98.1 Å². The van der Waals surface area contributed by atoms with Crippen LogP contribution in [0.2, 0.25) is 0 Å². The zero-order valence-electron chi connectivity index (χ0n) is 26.1. The van der Waals surface area contributed by atoms with E-state index in [2.05, 4.69) is 15.4 Å². The molecule has 2 heterocycles. The fourth-order valence-electron chi connectivity index (χ4n) is 4.45. The molecule has 4 amide bonds. The summed E-state index contributed by atoms with van der Waals surface area (Å²) in [4.78, 5) is 61.6. The van der Waals surface area contributed by atoms with E-state index < -0.39 is 35.6 Å². The van der Waals surface area contributed by atoms with Crippen LogP contribution in [0.1, 0.15) is 33.6 Å². The third-order valence-electron chi connectivity index (χ3n) is 6.71. The van der Waals surface area contributed by atoms with Gasteiger partial charge in [0, 0.05) is 18.7 Å². The second-order valence-electron chi connectivity index (χ2n) is 9.91. The normalized spacial score (nSPS) is 16.1. The average Bonchev–Trinajstić information content (AvgIpc) is 3.30. The zero-order valence-corrected chi connectivity index (χ0v) is 26.1. The van der Waals surface area contributed by atoms with Gasteiger partial charge in [0.05, 0.1) is 104 Å². The smallest absolute Gasteiger partial charge is 0.331 e. The minimum atomic E-state index is -1.01. The van der Waals surface area contributed by atoms with Crippen LogP contribution in [-0.4, -0.2) is 147 Å². The molecule has 0 saturated carbocycles. The van der Waals surface area contributed by atoms with Crippen molar-refractivity contribution in [2.24, 2.45) is 0 Å². The first-order valence-electron chi connectivity index (χ1n) is 15.1. The van der Waals surface area contributed by atoms with Crippen molar-refractivity contribution in [3.8, 4) is 0 Å². The minimum Gasteiger partial charge on any atom is -0.467 e. The lowest BCUT2D eigenvalue weighted by Crippen LogP contribution is -2.54. The number of anilines is 1. The number of imide groups is 2. The molecule has 3 rings (SSSR count). The molecular weight excluding hydrogens is 610 g/mol. The maximum Gasteiger partial charge on any atom is 0.331 e. The predicted octanol–water partition coefficient (Wildman–Crippen LogP) is -0.211. The van der Waals surface area contributed by atoms with E-state index in [9.17, 15) is 24.0 Å². The number of nitrogens with zero attached hydrogens (tertiary/aromatic N) is 1. The van der Waals surface area contributed by atoms with Gasteiger partial charge in [-0.25, -0.2) is 4.79 Å². The number of nitrogens with one attached hydrogen (secondary N) is 2. The molecule has 0 aliphatic carbocycles. The summed E-state index contributed by atoms with van der Waals surface area (Å²) in [5.74, 6) is -2.60. The van der Waals surface area contributed by atoms with Gasteiger partial charge in [-0.2, -0.15) is 0 Å². The number of hydrogen-bond donors (Lipinski definition) is 2. The van der Waals surface area contributed by atoms with Crippen molar-refractivity contribution in [3.05, 3.63) is 29.3 Å². The number of benzene rings is 1. The number of rotatable bonds is 25. The molecule has 1 fully saturated rings. The topological polar surface area (TPSA) is 186 Å². The Morgan fingerprint density at radius 2 is 1.28 bits per heavy atom. The van der Waals surface area contributed by atoms with Crippen LogP contribution in [0, 0.1) is 0 Å². The second-order valence-corrected chi connectivity index (χ2v) is 9.91. The van der Waals surface area contributed by atoms with Crippen LogP contribution in [0.25, 0.3) is 0 Å². The molecule has 46 heavy (non-hydrogen) atoms. The molecule has 16 nitrogen and oxygen atoms in total. The molecule has 2 aliphatic heterocycles. The van der Waals surface area contributed by atoms with E-state index in [1.807, 2.05) is 0 Å². The van der Waals surface area contributed by atoms with E-state index in [-0.39, 0.29) is 30.6 Å². The summed E-state index contributed by atoms with van der Waals surface area (Å²) in [6.45, 7) is 5.49. The number of carbonyl (C=O) groups excluding carboxylic acids is 5. The molecule has 0 radical (unpaired) electrons. The van der Waals surface area contributed by atoms with Crippen LogP contribution in [0.4, 0.5) is 5.69 Å². The third-order valence-corrected chi connectivity index (χ3v) is 6.71. The number of esters is 1. The van der Waals surface area contributed by atoms with E-state index in [4.69, 9.17) is 33.2 Å². The van der Waals surface area contributed by atoms with Crippen LogP contribution in [-0.2, 0) is 52.3 Å². The number of hydrogen-bond acceptors (Lipinski definition) is 14. The lowest BCUT2D eigenvalue weighted by molar-refractivity contribution is -0.146. The van der Waals surface area contributed by atoms with Gasteiger partial charge in [-0.15, -0.1) is 0 Å². The Hall–Kier alpha value is -3.51. The van der Waals surface area contributed by atoms with Gasteiger partial charge in [0.1, 0.15) is 12.6 Å². The predicted molar refractivity (Wildman–Crippen MR) is 159 cm³/mol. The van der Waals surface area contributed by atoms with Gasteiger partial charge < -0.3 is 43.2 Å². The average molecular weight is 654 g/mol. The Morgan fingerprint density at radius 3 is 1.80 bits per heavy atom. The van der Waals surface area contributed by atoms with E-state index in [1.54, 1.807) is 18.2 Å². The summed E-state index contributed by atoms with van der Waals surface area (Å²) >= 11 is 0. The van der Waals surface area contributed by atoms with E-state index in [0.717, 1.165) is 4.90 Å². The van der Waals surface area contributed by atoms with Crippen molar-refractivity contribution in [3.63, 3.8) is 0 Å². The minimum absolute atomic E-state index is 0.0642. The number of methoxy groups -OCH3 is 1. The maximum absolute atomic E-state index is 13.1. The Kier molecular flexibility index (Phi) is 17.1. The van der Waals surface area contributed by atoms with Gasteiger partial charge in [0.2, 0.25) is 11.8 Å². The lowest BCUT2D eigenvalue weighted by atomic mass is 10.0. The quantitative estimate of drug-likeness (QED) is 0.0802. The monoisotopic (exact) mass is 653 g/mol. The summed E-state index contributed by atoms with van der Waals surface area (Å²) in [5, 5.41) is 5.31. The highest BCUT2D eigenvalue weighted by molar-refractivity contribution is 6.25. The number of carbonyl (C=O) groups is 5. The van der Waals surface area contributed by atoms with Crippen LogP contribution in [0.5, 0.6) is 0 Å². The van der Waals surface area contributed by atoms with Crippen LogP contribution >= 0.6 is 0 Å². The number of piperidine rings is 1. The standard InChI is InChI=1S/C30H43N3O13/c1-39-26(35)21-46-20-19-45-18-17-44-16-15-43-14-13-42-12-11-41-10-9-40-8-7-31-23-4-2-3-22-27(23)30(38)33(29(22)37)24-5-6-25(34)32-28(24)36/h2-4,24,31H,5-21H2,1H3,(H,32,34,36). The van der Waals surface area contributed by atoms with Gasteiger partial charge in [0.25, 0.3) is 11.8 Å². The SMILES string of the molecule is COC(=O)COCCOCCOCCOCCOCCOCCOCCNc1cccc2c1C(=O)N(C1CCC(=O)NC1=O)C2=O. The number of fused-ring (bicyclic) bond motifs is 1. The summed E-state index contributed by atoms with van der Waals surface area (Å²) < 4.78 is 42.2. The van der Waals surface area contributed by atoms with Crippen LogP contribution < -0.4 is 10.6 Å².